The lowest BCUT2D eigenvalue weighted by Gasteiger charge is -2.45. The summed E-state index contributed by atoms with van der Waals surface area (Å²) in [6, 6.07) is 70.3. The number of hydrogen-bond donors (Lipinski definition) is 0. The van der Waals surface area contributed by atoms with Crippen molar-refractivity contribution in [3.8, 4) is 62.8 Å². The minimum atomic E-state index is -0.986. The molecule has 7 heterocycles. The quantitative estimate of drug-likeness (QED) is 0.135. The topological polar surface area (TPSA) is 78.7 Å². The largest absolute Gasteiger partial charge is 0.311 e. The molecule has 22 aromatic rings. The molecule has 17 aromatic carbocycles. The maximum atomic E-state index is 12.0. The first-order valence-corrected chi connectivity index (χ1v) is 40.5. The van der Waals surface area contributed by atoms with Crippen LogP contribution in [0.2, 0.25) is 0 Å². The van der Waals surface area contributed by atoms with Gasteiger partial charge in [0, 0.05) is 99.4 Å². The number of anilines is 6. The highest BCUT2D eigenvalue weighted by Gasteiger charge is 2.45. The van der Waals surface area contributed by atoms with Gasteiger partial charge in [0.1, 0.15) is 12.1 Å². The van der Waals surface area contributed by atoms with E-state index in [0.29, 0.717) is 72.9 Å². The summed E-state index contributed by atoms with van der Waals surface area (Å²) in [6.07, 6.45) is 0. The Bertz CT molecular complexity index is 9430. The number of aromatic nitrogens is 5. The van der Waals surface area contributed by atoms with E-state index < -0.39 is 139 Å². The van der Waals surface area contributed by atoms with Crippen molar-refractivity contribution in [2.75, 3.05) is 9.80 Å². The molecule has 0 saturated carbocycles. The molecular formula is C112H78BN9. The fourth-order valence-electron chi connectivity index (χ4n) is 19.3. The SMILES string of the molecule is [2H]c1c([2H])c([2H])c(-c2c([2H])c([2H])c([2H])c3c2c2c([2H])c([2H])c([2H])c([2H])c2n3-c2cc3c4c(c2)N(c2ccc(C#N)c(-n5c6ccccc6c6ccc(-c7ccccc7)cc65)c2)c2cc(-n5c6c([2H])c([2H])c([2H])c([2H])c6c6c([2H])c([2H])c([2H])c([2H])c65)ccc2B4c2ccc(-n4c5ccc(C(C)(C)C)cc5c5cc(C(C)(C)C)ccc54)cc2N3c2ccc(C#N)c(-n3c4ccccc4c4ccccc43)c2)c([2H])c1[2H]. The Morgan fingerprint density at radius 3 is 1.21 bits per heavy atom. The predicted octanol–water partition coefficient (Wildman–Crippen LogP) is 26.9. The van der Waals surface area contributed by atoms with Crippen LogP contribution in [0.4, 0.5) is 34.1 Å². The van der Waals surface area contributed by atoms with Crippen LogP contribution in [0.1, 0.15) is 91.2 Å². The first kappa shape index (κ1) is 52.9. The van der Waals surface area contributed by atoms with Gasteiger partial charge in [0.2, 0.25) is 0 Å². The second-order valence-electron chi connectivity index (χ2n) is 33.5. The van der Waals surface area contributed by atoms with Gasteiger partial charge in [-0.2, -0.15) is 10.5 Å². The second kappa shape index (κ2) is 26.4. The maximum Gasteiger partial charge on any atom is 0.252 e. The summed E-state index contributed by atoms with van der Waals surface area (Å²) in [4.78, 5) is 4.03. The van der Waals surface area contributed by atoms with Crippen molar-refractivity contribution in [1.82, 2.24) is 22.8 Å². The molecule has 5 aromatic heterocycles. The highest BCUT2D eigenvalue weighted by molar-refractivity contribution is 7.00. The molecule has 0 amide bonds. The first-order chi connectivity index (χ1) is 68.0. The van der Waals surface area contributed by atoms with Crippen LogP contribution >= 0.6 is 0 Å². The highest BCUT2D eigenvalue weighted by Crippen LogP contribution is 2.52. The number of para-hydroxylation sites is 6. The molecule has 0 atom stereocenters. The third kappa shape index (κ3) is 10.4. The Morgan fingerprint density at radius 2 is 0.689 bits per heavy atom. The second-order valence-corrected chi connectivity index (χ2v) is 33.5. The van der Waals surface area contributed by atoms with E-state index in [1.807, 2.05) is 143 Å². The third-order valence-corrected chi connectivity index (χ3v) is 24.9. The van der Waals surface area contributed by atoms with Gasteiger partial charge < -0.3 is 32.6 Å². The molecule has 0 N–H and O–H groups in total. The lowest BCUT2D eigenvalue weighted by atomic mass is 9.33. The third-order valence-electron chi connectivity index (χ3n) is 24.9. The van der Waals surface area contributed by atoms with Gasteiger partial charge in [-0.3, -0.25) is 0 Å². The van der Waals surface area contributed by atoms with E-state index in [9.17, 15) is 36.6 Å². The van der Waals surface area contributed by atoms with Crippen LogP contribution in [-0.4, -0.2) is 29.5 Å². The summed E-state index contributed by atoms with van der Waals surface area (Å²) in [5.74, 6) is 0. The zero-order valence-electron chi connectivity index (χ0n) is 86.7. The molecule has 10 heteroatoms. The van der Waals surface area contributed by atoms with Crippen molar-refractivity contribution in [2.45, 2.75) is 52.4 Å². The van der Waals surface area contributed by atoms with Crippen molar-refractivity contribution in [2.24, 2.45) is 0 Å². The number of nitriles is 2. The minimum absolute atomic E-state index is 0.00597. The molecular weight excluding hydrogens is 1480 g/mol. The predicted molar refractivity (Wildman–Crippen MR) is 510 cm³/mol. The highest BCUT2D eigenvalue weighted by atomic mass is 15.2. The summed E-state index contributed by atoms with van der Waals surface area (Å²) in [5, 5.41) is 28.2. The van der Waals surface area contributed by atoms with Crippen LogP contribution in [-0.2, 0) is 10.8 Å². The smallest absolute Gasteiger partial charge is 0.252 e. The fraction of sp³-hybridized carbons (Fsp3) is 0.0714. The van der Waals surface area contributed by atoms with Gasteiger partial charge in [-0.1, -0.05) is 260 Å². The molecule has 0 saturated heterocycles. The van der Waals surface area contributed by atoms with E-state index in [2.05, 4.69) is 141 Å². The molecule has 9 nitrogen and oxygen atoms in total. The zero-order chi connectivity index (χ0) is 99.1. The normalized spacial score (nSPS) is 15.1. The molecule has 122 heavy (non-hydrogen) atoms. The molecule has 0 bridgehead atoms. The average Bonchev–Trinajstić information content (AvgIpc) is 1.06. The molecule has 0 fully saturated rings. The number of rotatable bonds is 9. The van der Waals surface area contributed by atoms with Crippen molar-refractivity contribution >= 4 is 166 Å². The van der Waals surface area contributed by atoms with Gasteiger partial charge in [-0.25, -0.2) is 0 Å². The van der Waals surface area contributed by atoms with E-state index in [-0.39, 0.29) is 82.6 Å². The van der Waals surface area contributed by atoms with Crippen molar-refractivity contribution in [1.29, 1.82) is 10.5 Å². The van der Waals surface area contributed by atoms with Gasteiger partial charge in [-0.05, 0) is 206 Å². The van der Waals surface area contributed by atoms with E-state index in [1.54, 1.807) is 36.4 Å². The Morgan fingerprint density at radius 1 is 0.270 bits per heavy atom. The molecule has 2 aliphatic heterocycles. The zero-order valence-corrected chi connectivity index (χ0v) is 66.7. The lowest BCUT2D eigenvalue weighted by molar-refractivity contribution is 0.590. The lowest BCUT2D eigenvalue weighted by Crippen LogP contribution is -2.61. The Hall–Kier alpha value is -15.6. The van der Waals surface area contributed by atoms with E-state index >= 15 is 0 Å². The summed E-state index contributed by atoms with van der Waals surface area (Å²) in [7, 11) is 0. The monoisotopic (exact) mass is 1580 g/mol. The molecule has 24 rings (SSSR count). The van der Waals surface area contributed by atoms with E-state index in [4.69, 9.17) is 1.37 Å². The van der Waals surface area contributed by atoms with Gasteiger partial charge >= 0.3 is 0 Å². The minimum Gasteiger partial charge on any atom is -0.311 e. The fourth-order valence-corrected chi connectivity index (χ4v) is 19.3. The number of benzene rings is 17. The van der Waals surface area contributed by atoms with Crippen LogP contribution < -0.4 is 26.2 Å². The van der Waals surface area contributed by atoms with Gasteiger partial charge in [0.05, 0.1) is 111 Å². The van der Waals surface area contributed by atoms with Crippen molar-refractivity contribution in [3.05, 3.63) is 386 Å². The van der Waals surface area contributed by atoms with Crippen LogP contribution in [0.5, 0.6) is 0 Å². The first-order valence-electron chi connectivity index (χ1n) is 50.5. The van der Waals surface area contributed by atoms with Crippen LogP contribution in [0, 0.1) is 22.7 Å². The Kier molecular flexibility index (Phi) is 11.5. The molecule has 574 valence electrons. The number of fused-ring (bicyclic) bond motifs is 19. The molecule has 0 unspecified atom stereocenters. The summed E-state index contributed by atoms with van der Waals surface area (Å²) in [5.41, 5.74) is 12.2. The van der Waals surface area contributed by atoms with Crippen LogP contribution in [0.15, 0.2) is 364 Å². The molecule has 0 radical (unpaired) electrons. The van der Waals surface area contributed by atoms with Crippen LogP contribution in [0.25, 0.3) is 160 Å². The van der Waals surface area contributed by atoms with Gasteiger partial charge in [0.15, 0.2) is 0 Å². The standard InChI is InChI=1S/C112H78BN9/c1-111(2,3)74-47-56-99-89(59-74)90-60-75(112(4,5)6)48-57-100(90)117(99)79-52-55-92-106(64-79)118(76-49-44-72(67-114)102(61-76)121-95-39-21-15-32-84(95)85-33-16-22-40-96(85)121)107-65-80(120-98-42-24-18-35-88(98)109-81(36-25-43-101(109)120)70-28-11-8-12-29-70)66-108-110(107)113(92)91-54-51-78(116-93-37-19-13-30-82(93)83-31-14-20-38-94(83)116)63-105(91)119(108)77-50-45-73(68-115)103(62-77)122-97-41-23-17-34-86(97)87-53-46-71(58-104(87)122)69-26-9-7-10-27-69/h7-66H,1-6H3/i8D,11D,12D,13D,14D,18D,19D,20D,24D,25D,28D,29D,30D,31D,35D,36D,37D,38D,42D,43D. The van der Waals surface area contributed by atoms with Gasteiger partial charge in [-0.15, -0.1) is 0 Å². The number of nitrogens with zero attached hydrogens (tertiary/aromatic N) is 9. The Labute approximate surface area is 734 Å². The summed E-state index contributed by atoms with van der Waals surface area (Å²) >= 11 is 0. The van der Waals surface area contributed by atoms with Crippen molar-refractivity contribution < 1.29 is 27.4 Å². The molecule has 0 spiro atoms. The van der Waals surface area contributed by atoms with E-state index in [1.165, 1.54) is 9.13 Å². The summed E-state index contributed by atoms with van der Waals surface area (Å²) < 4.78 is 203. The van der Waals surface area contributed by atoms with Crippen LogP contribution in [0.3, 0.4) is 0 Å². The molecule has 2 aliphatic rings. The average molecular weight is 1580 g/mol. The van der Waals surface area contributed by atoms with E-state index in [0.717, 1.165) is 76.6 Å². The summed E-state index contributed by atoms with van der Waals surface area (Å²) in [6.45, 7) is 12.1. The van der Waals surface area contributed by atoms with Gasteiger partial charge in [0.25, 0.3) is 6.71 Å². The maximum absolute atomic E-state index is 12.0. The number of hydrogen-bond acceptors (Lipinski definition) is 4. The molecule has 0 aliphatic carbocycles. The van der Waals surface area contributed by atoms with Crippen molar-refractivity contribution in [3.63, 3.8) is 0 Å². The Balaban J connectivity index is 0.910.